The second-order valence-corrected chi connectivity index (χ2v) is 6.84. The third kappa shape index (κ3) is 11.1. The highest BCUT2D eigenvalue weighted by atomic mass is 16.5. The number of hydrogen-bond acceptors (Lipinski definition) is 6. The van der Waals surface area contributed by atoms with Gasteiger partial charge >= 0.3 is 0 Å². The summed E-state index contributed by atoms with van der Waals surface area (Å²) in [4.78, 5) is 36.4. The van der Waals surface area contributed by atoms with E-state index in [1.165, 1.54) is 5.48 Å². The number of hydroxylamine groups is 1. The highest BCUT2D eigenvalue weighted by Gasteiger charge is 2.22. The van der Waals surface area contributed by atoms with Crippen LogP contribution in [0.3, 0.4) is 0 Å². The Balaban J connectivity index is 2.68. The normalized spacial score (nSPS) is 11.1. The first-order chi connectivity index (χ1) is 15.0. The monoisotopic (exact) mass is 433 g/mol. The summed E-state index contributed by atoms with van der Waals surface area (Å²) in [7, 11) is 1.55. The molecule has 0 aliphatic heterocycles. The minimum Gasteiger partial charge on any atom is -0.396 e. The second kappa shape index (κ2) is 15.8. The summed E-state index contributed by atoms with van der Waals surface area (Å²) in [5.41, 5.74) is 2.60. The zero-order valence-corrected chi connectivity index (χ0v) is 17.8. The largest absolute Gasteiger partial charge is 0.396 e. The van der Waals surface area contributed by atoms with Crippen molar-refractivity contribution < 1.29 is 29.4 Å². The molecule has 9 nitrogen and oxygen atoms in total. The van der Waals surface area contributed by atoms with Crippen LogP contribution in [0, 0.1) is 11.8 Å². The molecular formula is C22H31N3O6. The summed E-state index contributed by atoms with van der Waals surface area (Å²) in [6.45, 7) is 0.883. The summed E-state index contributed by atoms with van der Waals surface area (Å²) in [6.07, 6.45) is 3.11. The lowest BCUT2D eigenvalue weighted by atomic mass is 10.1. The van der Waals surface area contributed by atoms with Crippen LogP contribution in [0.25, 0.3) is 0 Å². The molecule has 31 heavy (non-hydrogen) atoms. The molecule has 0 aromatic heterocycles. The molecule has 5 N–H and O–H groups in total. The molecule has 0 heterocycles. The van der Waals surface area contributed by atoms with Crippen LogP contribution in [0.1, 0.15) is 54.4 Å². The number of carbonyl (C=O) groups is 3. The SMILES string of the molecule is COCC#Cc1ccc(C(=O)NC(CCC(=O)NO)C(=O)NCCCCCCO)cc1. The summed E-state index contributed by atoms with van der Waals surface area (Å²) >= 11 is 0. The van der Waals surface area contributed by atoms with E-state index in [2.05, 4.69) is 22.5 Å². The number of methoxy groups -OCH3 is 1. The number of rotatable bonds is 13. The molecule has 1 atom stereocenters. The van der Waals surface area contributed by atoms with E-state index in [0.29, 0.717) is 18.7 Å². The number of carbonyl (C=O) groups excluding carboxylic acids is 3. The third-order valence-corrected chi connectivity index (χ3v) is 4.39. The fraction of sp³-hybridized carbons (Fsp3) is 0.500. The zero-order chi connectivity index (χ0) is 22.9. The lowest BCUT2D eigenvalue weighted by Gasteiger charge is -2.18. The van der Waals surface area contributed by atoms with Crippen molar-refractivity contribution in [3.05, 3.63) is 35.4 Å². The maximum Gasteiger partial charge on any atom is 0.251 e. The number of ether oxygens (including phenoxy) is 1. The molecule has 0 saturated heterocycles. The number of aliphatic hydroxyl groups is 1. The van der Waals surface area contributed by atoms with Gasteiger partial charge in [0.2, 0.25) is 11.8 Å². The van der Waals surface area contributed by atoms with Crippen molar-refractivity contribution in [3.63, 3.8) is 0 Å². The van der Waals surface area contributed by atoms with Gasteiger partial charge in [0.1, 0.15) is 12.6 Å². The van der Waals surface area contributed by atoms with Crippen molar-refractivity contribution in [3.8, 4) is 11.8 Å². The van der Waals surface area contributed by atoms with Crippen molar-refractivity contribution in [2.45, 2.75) is 44.6 Å². The topological polar surface area (TPSA) is 137 Å². The number of hydrogen-bond donors (Lipinski definition) is 5. The van der Waals surface area contributed by atoms with Crippen LogP contribution in [-0.2, 0) is 14.3 Å². The number of benzene rings is 1. The smallest absolute Gasteiger partial charge is 0.251 e. The summed E-state index contributed by atoms with van der Waals surface area (Å²) in [6, 6.07) is 5.66. The fourth-order valence-corrected chi connectivity index (χ4v) is 2.68. The Hall–Kier alpha value is -2.93. The van der Waals surface area contributed by atoms with E-state index in [9.17, 15) is 14.4 Å². The molecule has 9 heteroatoms. The molecule has 1 aromatic carbocycles. The van der Waals surface area contributed by atoms with Gasteiger partial charge in [-0.3, -0.25) is 19.6 Å². The number of unbranched alkanes of at least 4 members (excludes halogenated alkanes) is 3. The van der Waals surface area contributed by atoms with E-state index in [0.717, 1.165) is 31.2 Å². The minimum absolute atomic E-state index is 0.0368. The predicted molar refractivity (Wildman–Crippen MR) is 114 cm³/mol. The average molecular weight is 434 g/mol. The van der Waals surface area contributed by atoms with Crippen LogP contribution in [0.2, 0.25) is 0 Å². The first-order valence-corrected chi connectivity index (χ1v) is 10.2. The molecule has 1 rings (SSSR count). The molecular weight excluding hydrogens is 402 g/mol. The molecule has 1 unspecified atom stereocenters. The molecule has 0 aliphatic carbocycles. The molecule has 0 fully saturated rings. The lowest BCUT2D eigenvalue weighted by Crippen LogP contribution is -2.47. The third-order valence-electron chi connectivity index (χ3n) is 4.39. The van der Waals surface area contributed by atoms with Crippen molar-refractivity contribution in [1.29, 1.82) is 0 Å². The van der Waals surface area contributed by atoms with Gasteiger partial charge in [-0.15, -0.1) is 0 Å². The molecule has 1 aromatic rings. The lowest BCUT2D eigenvalue weighted by molar-refractivity contribution is -0.129. The van der Waals surface area contributed by atoms with Gasteiger partial charge in [-0.1, -0.05) is 24.7 Å². The van der Waals surface area contributed by atoms with Crippen LogP contribution in [-0.4, -0.2) is 60.9 Å². The number of amides is 3. The van der Waals surface area contributed by atoms with Crippen LogP contribution in [0.4, 0.5) is 0 Å². The maximum atomic E-state index is 12.6. The van der Waals surface area contributed by atoms with Gasteiger partial charge in [-0.25, -0.2) is 5.48 Å². The standard InChI is InChI=1S/C22H31N3O6/c1-31-16-6-7-17-8-10-18(11-9-17)21(28)24-19(12-13-20(27)25-30)22(29)23-14-4-2-3-5-15-26/h8-11,19,26,30H,2-5,12-16H2,1H3,(H,23,29)(H,24,28)(H,25,27). The first-order valence-electron chi connectivity index (χ1n) is 10.2. The van der Waals surface area contributed by atoms with Crippen molar-refractivity contribution in [2.75, 3.05) is 26.9 Å². The van der Waals surface area contributed by atoms with Crippen molar-refractivity contribution in [2.24, 2.45) is 0 Å². The second-order valence-electron chi connectivity index (χ2n) is 6.84. The van der Waals surface area contributed by atoms with E-state index >= 15 is 0 Å². The van der Waals surface area contributed by atoms with E-state index in [1.807, 2.05) is 0 Å². The molecule has 0 bridgehead atoms. The molecule has 0 radical (unpaired) electrons. The Morgan fingerprint density at radius 1 is 1.10 bits per heavy atom. The Bertz CT molecular complexity index is 755. The number of aliphatic hydroxyl groups excluding tert-OH is 1. The van der Waals surface area contributed by atoms with Crippen LogP contribution < -0.4 is 16.1 Å². The zero-order valence-electron chi connectivity index (χ0n) is 17.8. The Morgan fingerprint density at radius 3 is 2.45 bits per heavy atom. The van der Waals surface area contributed by atoms with Gasteiger partial charge in [0.15, 0.2) is 0 Å². The van der Waals surface area contributed by atoms with Gasteiger partial charge < -0.3 is 20.5 Å². The van der Waals surface area contributed by atoms with Gasteiger partial charge in [-0.05, 0) is 43.5 Å². The highest BCUT2D eigenvalue weighted by Crippen LogP contribution is 2.06. The van der Waals surface area contributed by atoms with E-state index in [-0.39, 0.29) is 19.4 Å². The summed E-state index contributed by atoms with van der Waals surface area (Å²) in [5.74, 6) is 4.22. The van der Waals surface area contributed by atoms with E-state index < -0.39 is 23.8 Å². The summed E-state index contributed by atoms with van der Waals surface area (Å²) < 4.78 is 4.86. The van der Waals surface area contributed by atoms with Gasteiger partial charge in [-0.2, -0.15) is 0 Å². The van der Waals surface area contributed by atoms with E-state index in [1.54, 1.807) is 31.4 Å². The Labute approximate surface area is 182 Å². The van der Waals surface area contributed by atoms with Gasteiger partial charge in [0.05, 0.1) is 0 Å². The van der Waals surface area contributed by atoms with Crippen molar-refractivity contribution in [1.82, 2.24) is 16.1 Å². The quantitative estimate of drug-likeness (QED) is 0.135. The van der Waals surface area contributed by atoms with Gasteiger partial charge in [0, 0.05) is 37.8 Å². The Morgan fingerprint density at radius 2 is 1.81 bits per heavy atom. The average Bonchev–Trinajstić information content (AvgIpc) is 2.78. The molecule has 0 aliphatic rings. The van der Waals surface area contributed by atoms with Crippen molar-refractivity contribution >= 4 is 17.7 Å². The summed E-state index contributed by atoms with van der Waals surface area (Å²) in [5, 5.41) is 22.8. The molecule has 3 amide bonds. The highest BCUT2D eigenvalue weighted by molar-refractivity contribution is 5.97. The van der Waals surface area contributed by atoms with Crippen LogP contribution >= 0.6 is 0 Å². The maximum absolute atomic E-state index is 12.6. The van der Waals surface area contributed by atoms with Crippen LogP contribution in [0.15, 0.2) is 24.3 Å². The number of nitrogens with one attached hydrogen (secondary N) is 3. The Kier molecular flexibility index (Phi) is 13.3. The van der Waals surface area contributed by atoms with E-state index in [4.69, 9.17) is 15.1 Å². The molecule has 170 valence electrons. The fourth-order valence-electron chi connectivity index (χ4n) is 2.68. The van der Waals surface area contributed by atoms with Crippen LogP contribution in [0.5, 0.6) is 0 Å². The molecule has 0 saturated carbocycles. The minimum atomic E-state index is -0.927. The molecule has 0 spiro atoms. The van der Waals surface area contributed by atoms with Gasteiger partial charge in [0.25, 0.3) is 5.91 Å². The predicted octanol–water partition coefficient (Wildman–Crippen LogP) is 0.737. The first kappa shape index (κ1) is 26.1.